The number of ether oxygens (including phenoxy) is 1. The molecule has 5 heteroatoms. The van der Waals surface area contributed by atoms with E-state index in [1.807, 2.05) is 18.2 Å². The van der Waals surface area contributed by atoms with E-state index in [0.29, 0.717) is 31.9 Å². The first kappa shape index (κ1) is 15.4. The number of rotatable bonds is 3. The first-order chi connectivity index (χ1) is 11.2. The molecule has 1 heterocycles. The molecule has 0 unspecified atom stereocenters. The number of amides is 1. The minimum Gasteiger partial charge on any atom is -0.378 e. The average molecular weight is 313 g/mol. The monoisotopic (exact) mass is 313 g/mol. The number of benzene rings is 2. The van der Waals surface area contributed by atoms with Crippen molar-refractivity contribution in [3.05, 3.63) is 59.9 Å². The third-order valence-electron chi connectivity index (χ3n) is 3.81. The number of morpholine rings is 1. The maximum absolute atomic E-state index is 14.3. The van der Waals surface area contributed by atoms with E-state index in [4.69, 9.17) is 4.74 Å². The van der Waals surface area contributed by atoms with Crippen molar-refractivity contribution in [1.82, 2.24) is 4.90 Å². The molecule has 1 fully saturated rings. The molecule has 2 aromatic carbocycles. The molecule has 23 heavy (non-hydrogen) atoms. The van der Waals surface area contributed by atoms with Crippen LogP contribution in [0.15, 0.2) is 48.5 Å². The van der Waals surface area contributed by atoms with Crippen LogP contribution in [0, 0.1) is 5.82 Å². The Hall–Kier alpha value is -2.53. The maximum Gasteiger partial charge on any atom is 0.295 e. The second-order valence-corrected chi connectivity index (χ2v) is 5.29. The van der Waals surface area contributed by atoms with Gasteiger partial charge in [-0.3, -0.25) is 9.59 Å². The molecule has 0 saturated carbocycles. The van der Waals surface area contributed by atoms with Gasteiger partial charge in [-0.05, 0) is 11.6 Å². The average Bonchev–Trinajstić information content (AvgIpc) is 2.62. The standard InChI is InChI=1S/C18H16FNO3/c19-16-12-14(6-7-15(16)13-4-2-1-3-5-13)17(21)18(22)20-8-10-23-11-9-20/h1-7,12H,8-11H2. The fraction of sp³-hybridized carbons (Fsp3) is 0.222. The van der Waals surface area contributed by atoms with Gasteiger partial charge >= 0.3 is 0 Å². The van der Waals surface area contributed by atoms with Crippen molar-refractivity contribution in [3.8, 4) is 11.1 Å². The summed E-state index contributed by atoms with van der Waals surface area (Å²) in [5.74, 6) is -1.82. The van der Waals surface area contributed by atoms with Crippen molar-refractivity contribution in [3.63, 3.8) is 0 Å². The van der Waals surface area contributed by atoms with Gasteiger partial charge < -0.3 is 9.64 Å². The highest BCUT2D eigenvalue weighted by Gasteiger charge is 2.25. The van der Waals surface area contributed by atoms with Crippen LogP contribution in [0.4, 0.5) is 4.39 Å². The lowest BCUT2D eigenvalue weighted by atomic mass is 10.0. The molecule has 2 aromatic rings. The molecule has 3 rings (SSSR count). The van der Waals surface area contributed by atoms with Gasteiger partial charge in [-0.15, -0.1) is 0 Å². The number of nitrogens with zero attached hydrogens (tertiary/aromatic N) is 1. The van der Waals surface area contributed by atoms with Gasteiger partial charge in [-0.25, -0.2) is 4.39 Å². The Kier molecular flexibility index (Phi) is 4.48. The SMILES string of the molecule is O=C(C(=O)N1CCOCC1)c1ccc(-c2ccccc2)c(F)c1. The second-order valence-electron chi connectivity index (χ2n) is 5.29. The summed E-state index contributed by atoms with van der Waals surface area (Å²) in [6.07, 6.45) is 0. The number of carbonyl (C=O) groups excluding carboxylic acids is 2. The van der Waals surface area contributed by atoms with Gasteiger partial charge in [0.1, 0.15) is 5.82 Å². The first-order valence-electron chi connectivity index (χ1n) is 7.43. The number of hydrogen-bond donors (Lipinski definition) is 0. The molecule has 118 valence electrons. The highest BCUT2D eigenvalue weighted by molar-refractivity contribution is 6.42. The molecule has 1 aliphatic heterocycles. The van der Waals surface area contributed by atoms with E-state index in [-0.39, 0.29) is 5.56 Å². The van der Waals surface area contributed by atoms with Crippen LogP contribution in [0.1, 0.15) is 10.4 Å². The number of halogens is 1. The van der Waals surface area contributed by atoms with E-state index in [1.54, 1.807) is 12.1 Å². The Labute approximate surface area is 133 Å². The van der Waals surface area contributed by atoms with E-state index >= 15 is 0 Å². The van der Waals surface area contributed by atoms with Gasteiger partial charge in [0, 0.05) is 24.2 Å². The molecular formula is C18H16FNO3. The summed E-state index contributed by atoms with van der Waals surface area (Å²) in [7, 11) is 0. The lowest BCUT2D eigenvalue weighted by molar-refractivity contribution is -0.130. The van der Waals surface area contributed by atoms with Crippen LogP contribution in [0.5, 0.6) is 0 Å². The maximum atomic E-state index is 14.3. The molecule has 1 saturated heterocycles. The number of hydrogen-bond acceptors (Lipinski definition) is 3. The molecule has 0 radical (unpaired) electrons. The van der Waals surface area contributed by atoms with Crippen molar-refractivity contribution >= 4 is 11.7 Å². The highest BCUT2D eigenvalue weighted by atomic mass is 19.1. The zero-order valence-electron chi connectivity index (χ0n) is 12.5. The summed E-state index contributed by atoms with van der Waals surface area (Å²) in [5.41, 5.74) is 1.20. The quantitative estimate of drug-likeness (QED) is 0.646. The minimum atomic E-state index is -0.689. The lowest BCUT2D eigenvalue weighted by Gasteiger charge is -2.26. The van der Waals surface area contributed by atoms with Crippen LogP contribution >= 0.6 is 0 Å². The summed E-state index contributed by atoms with van der Waals surface area (Å²) in [6, 6.07) is 13.2. The minimum absolute atomic E-state index is 0.0682. The Balaban J connectivity index is 1.82. The van der Waals surface area contributed by atoms with E-state index in [2.05, 4.69) is 0 Å². The summed E-state index contributed by atoms with van der Waals surface area (Å²) < 4.78 is 19.5. The molecule has 0 bridgehead atoms. The molecule has 0 aromatic heterocycles. The third-order valence-corrected chi connectivity index (χ3v) is 3.81. The number of Topliss-reactive ketones (excluding diaryl/α,β-unsaturated/α-hetero) is 1. The fourth-order valence-corrected chi connectivity index (χ4v) is 2.54. The van der Waals surface area contributed by atoms with Gasteiger partial charge in [0.25, 0.3) is 5.91 Å². The Morgan fingerprint density at radius 2 is 1.70 bits per heavy atom. The van der Waals surface area contributed by atoms with Crippen LogP contribution in [0.25, 0.3) is 11.1 Å². The Morgan fingerprint density at radius 3 is 2.35 bits per heavy atom. The zero-order valence-corrected chi connectivity index (χ0v) is 12.5. The van der Waals surface area contributed by atoms with Crippen molar-refractivity contribution in [2.45, 2.75) is 0 Å². The summed E-state index contributed by atoms with van der Waals surface area (Å²) >= 11 is 0. The second kappa shape index (κ2) is 6.71. The van der Waals surface area contributed by atoms with Crippen molar-refractivity contribution in [2.24, 2.45) is 0 Å². The Morgan fingerprint density at radius 1 is 1.00 bits per heavy atom. The molecule has 1 amide bonds. The van der Waals surface area contributed by atoms with Crippen molar-refractivity contribution < 1.29 is 18.7 Å². The van der Waals surface area contributed by atoms with E-state index in [1.165, 1.54) is 17.0 Å². The van der Waals surface area contributed by atoms with Gasteiger partial charge in [0.05, 0.1) is 13.2 Å². The molecule has 0 N–H and O–H groups in total. The molecule has 0 aliphatic carbocycles. The molecule has 0 atom stereocenters. The lowest BCUT2D eigenvalue weighted by Crippen LogP contribution is -2.44. The summed E-state index contributed by atoms with van der Waals surface area (Å²) in [5, 5.41) is 0. The van der Waals surface area contributed by atoms with Crippen molar-refractivity contribution in [1.29, 1.82) is 0 Å². The molecule has 0 spiro atoms. The van der Waals surface area contributed by atoms with E-state index in [0.717, 1.165) is 11.6 Å². The van der Waals surface area contributed by atoms with E-state index in [9.17, 15) is 14.0 Å². The zero-order chi connectivity index (χ0) is 16.2. The number of ketones is 1. The molecule has 4 nitrogen and oxygen atoms in total. The van der Waals surface area contributed by atoms with Crippen LogP contribution in [0.3, 0.4) is 0 Å². The van der Waals surface area contributed by atoms with Crippen molar-refractivity contribution in [2.75, 3.05) is 26.3 Å². The van der Waals surface area contributed by atoms with Gasteiger partial charge in [0.2, 0.25) is 5.78 Å². The summed E-state index contributed by atoms with van der Waals surface area (Å²) in [6.45, 7) is 1.60. The van der Waals surface area contributed by atoms with E-state index < -0.39 is 17.5 Å². The van der Waals surface area contributed by atoms with Crippen LogP contribution in [-0.2, 0) is 9.53 Å². The molecule has 1 aliphatic rings. The fourth-order valence-electron chi connectivity index (χ4n) is 2.54. The van der Waals surface area contributed by atoms with Crippen LogP contribution in [-0.4, -0.2) is 42.9 Å². The largest absolute Gasteiger partial charge is 0.378 e. The van der Waals surface area contributed by atoms with Crippen LogP contribution < -0.4 is 0 Å². The predicted molar refractivity (Wildman–Crippen MR) is 83.6 cm³/mol. The Bertz CT molecular complexity index is 724. The first-order valence-corrected chi connectivity index (χ1v) is 7.43. The third kappa shape index (κ3) is 3.29. The normalized spacial score (nSPS) is 14.6. The highest BCUT2D eigenvalue weighted by Crippen LogP contribution is 2.23. The van der Waals surface area contributed by atoms with Gasteiger partial charge in [0.15, 0.2) is 0 Å². The molecular weight excluding hydrogens is 297 g/mol. The number of carbonyl (C=O) groups is 2. The predicted octanol–water partition coefficient (Wildman–Crippen LogP) is 2.53. The topological polar surface area (TPSA) is 46.6 Å². The van der Waals surface area contributed by atoms with Crippen LogP contribution in [0.2, 0.25) is 0 Å². The smallest absolute Gasteiger partial charge is 0.295 e. The van der Waals surface area contributed by atoms with Gasteiger partial charge in [-0.2, -0.15) is 0 Å². The summed E-state index contributed by atoms with van der Waals surface area (Å²) in [4.78, 5) is 25.8. The van der Waals surface area contributed by atoms with Gasteiger partial charge in [-0.1, -0.05) is 42.5 Å².